The van der Waals surface area contributed by atoms with Crippen LogP contribution >= 0.6 is 0 Å². The van der Waals surface area contributed by atoms with E-state index in [-0.39, 0.29) is 17.5 Å². The van der Waals surface area contributed by atoms with E-state index in [9.17, 15) is 9.18 Å². The van der Waals surface area contributed by atoms with Gasteiger partial charge >= 0.3 is 0 Å². The van der Waals surface area contributed by atoms with Crippen LogP contribution in [0.3, 0.4) is 0 Å². The third-order valence-corrected chi connectivity index (χ3v) is 5.40. The van der Waals surface area contributed by atoms with Gasteiger partial charge in [0.25, 0.3) is 0 Å². The number of hydrogen-bond acceptors (Lipinski definition) is 3. The van der Waals surface area contributed by atoms with Crippen molar-refractivity contribution in [1.29, 1.82) is 0 Å². The van der Waals surface area contributed by atoms with Crippen molar-refractivity contribution in [2.45, 2.75) is 19.4 Å². The van der Waals surface area contributed by atoms with Gasteiger partial charge in [0, 0.05) is 36.0 Å². The zero-order valence-corrected chi connectivity index (χ0v) is 15.7. The summed E-state index contributed by atoms with van der Waals surface area (Å²) >= 11 is 0. The molecule has 1 aliphatic rings. The van der Waals surface area contributed by atoms with Gasteiger partial charge in [0.05, 0.1) is 0 Å². The van der Waals surface area contributed by atoms with Gasteiger partial charge in [-0.05, 0) is 55.3 Å². The molecule has 0 amide bonds. The Bertz CT molecular complexity index is 932. The topological polar surface area (TPSA) is 33.2 Å². The van der Waals surface area contributed by atoms with Crippen LogP contribution in [0.1, 0.15) is 28.8 Å². The molecule has 1 fully saturated rings. The van der Waals surface area contributed by atoms with E-state index in [1.165, 1.54) is 12.1 Å². The van der Waals surface area contributed by atoms with Crippen molar-refractivity contribution in [3.8, 4) is 11.1 Å². The lowest BCUT2D eigenvalue weighted by atomic mass is 9.89. The van der Waals surface area contributed by atoms with Crippen molar-refractivity contribution >= 4 is 5.78 Å². The molecule has 0 N–H and O–H groups in total. The molecule has 0 unspecified atom stereocenters. The van der Waals surface area contributed by atoms with Crippen molar-refractivity contribution in [2.75, 3.05) is 13.1 Å². The predicted octanol–water partition coefficient (Wildman–Crippen LogP) is 4.98. The van der Waals surface area contributed by atoms with E-state index in [0.717, 1.165) is 54.7 Å². The number of likely N-dealkylation sites (tertiary alicyclic amines) is 1. The van der Waals surface area contributed by atoms with Crippen molar-refractivity contribution in [3.63, 3.8) is 0 Å². The summed E-state index contributed by atoms with van der Waals surface area (Å²) in [6, 6.07) is 18.2. The average molecular weight is 374 g/mol. The Hall–Kier alpha value is -2.85. The lowest BCUT2D eigenvalue weighted by molar-refractivity contribution is 0.0835. The predicted molar refractivity (Wildman–Crippen MR) is 108 cm³/mol. The third kappa shape index (κ3) is 4.34. The first-order chi connectivity index (χ1) is 13.7. The highest BCUT2D eigenvalue weighted by molar-refractivity contribution is 5.97. The molecule has 4 rings (SSSR count). The largest absolute Gasteiger partial charge is 0.299 e. The van der Waals surface area contributed by atoms with Gasteiger partial charge in [0.1, 0.15) is 5.82 Å². The van der Waals surface area contributed by atoms with Gasteiger partial charge in [-0.3, -0.25) is 14.7 Å². The summed E-state index contributed by atoms with van der Waals surface area (Å²) < 4.78 is 13.1. The second kappa shape index (κ2) is 8.44. The number of benzene rings is 2. The Labute approximate surface area is 164 Å². The van der Waals surface area contributed by atoms with Gasteiger partial charge in [-0.25, -0.2) is 4.39 Å². The monoisotopic (exact) mass is 374 g/mol. The molecule has 1 aliphatic heterocycles. The fraction of sp³-hybridized carbons (Fsp3) is 0.250. The van der Waals surface area contributed by atoms with Crippen molar-refractivity contribution in [3.05, 3.63) is 90.0 Å². The van der Waals surface area contributed by atoms with Crippen LogP contribution in [0.25, 0.3) is 11.1 Å². The van der Waals surface area contributed by atoms with E-state index < -0.39 is 0 Å². The minimum Gasteiger partial charge on any atom is -0.299 e. The Morgan fingerprint density at radius 2 is 1.68 bits per heavy atom. The van der Waals surface area contributed by atoms with Gasteiger partial charge < -0.3 is 0 Å². The molecule has 3 nitrogen and oxygen atoms in total. The Balaban J connectivity index is 1.37. The van der Waals surface area contributed by atoms with E-state index in [0.29, 0.717) is 0 Å². The highest BCUT2D eigenvalue weighted by Crippen LogP contribution is 2.24. The van der Waals surface area contributed by atoms with Crippen LogP contribution in [-0.4, -0.2) is 28.8 Å². The van der Waals surface area contributed by atoms with Crippen molar-refractivity contribution in [2.24, 2.45) is 5.92 Å². The summed E-state index contributed by atoms with van der Waals surface area (Å²) in [6.45, 7) is 2.63. The normalized spacial score (nSPS) is 15.5. The Morgan fingerprint density at radius 1 is 0.964 bits per heavy atom. The smallest absolute Gasteiger partial charge is 0.166 e. The molecule has 0 atom stereocenters. The number of ketones is 1. The van der Waals surface area contributed by atoms with E-state index >= 15 is 0 Å². The maximum absolute atomic E-state index is 13.1. The molecule has 0 spiro atoms. The van der Waals surface area contributed by atoms with Crippen LogP contribution in [0.2, 0.25) is 0 Å². The van der Waals surface area contributed by atoms with Gasteiger partial charge in [0.2, 0.25) is 0 Å². The van der Waals surface area contributed by atoms with Crippen LogP contribution in [-0.2, 0) is 6.54 Å². The number of piperidine rings is 1. The van der Waals surface area contributed by atoms with E-state index in [1.54, 1.807) is 12.1 Å². The first-order valence-corrected chi connectivity index (χ1v) is 9.70. The number of nitrogens with zero attached hydrogens (tertiary/aromatic N) is 2. The number of hydrogen-bond donors (Lipinski definition) is 0. The number of carbonyl (C=O) groups excluding carboxylic acids is 1. The average Bonchev–Trinajstić information content (AvgIpc) is 2.75. The van der Waals surface area contributed by atoms with Crippen LogP contribution in [0, 0.1) is 11.7 Å². The lowest BCUT2D eigenvalue weighted by Crippen LogP contribution is -2.36. The molecule has 0 bridgehead atoms. The molecule has 28 heavy (non-hydrogen) atoms. The molecular weight excluding hydrogens is 351 g/mol. The highest BCUT2D eigenvalue weighted by Gasteiger charge is 2.25. The molecular formula is C24H23FN2O. The summed E-state index contributed by atoms with van der Waals surface area (Å²) in [6.07, 6.45) is 5.47. The summed E-state index contributed by atoms with van der Waals surface area (Å²) in [5, 5.41) is 0. The quantitative estimate of drug-likeness (QED) is 0.591. The number of halogens is 1. The summed E-state index contributed by atoms with van der Waals surface area (Å²) in [4.78, 5) is 19.4. The molecule has 1 aromatic heterocycles. The minimum absolute atomic E-state index is 0.113. The number of Topliss-reactive ketones (excluding diaryl/α,β-unsaturated/α-hetero) is 1. The molecule has 2 aromatic carbocycles. The van der Waals surface area contributed by atoms with Crippen LogP contribution in [0.15, 0.2) is 73.1 Å². The van der Waals surface area contributed by atoms with E-state index in [1.807, 2.05) is 42.7 Å². The summed E-state index contributed by atoms with van der Waals surface area (Å²) in [5.74, 6) is 0.142. The Kier molecular flexibility index (Phi) is 5.58. The number of aromatic nitrogens is 1. The lowest BCUT2D eigenvalue weighted by Gasteiger charge is -2.31. The summed E-state index contributed by atoms with van der Waals surface area (Å²) in [5.41, 5.74) is 3.90. The molecule has 142 valence electrons. The van der Waals surface area contributed by atoms with Gasteiger partial charge in [-0.2, -0.15) is 0 Å². The van der Waals surface area contributed by atoms with Crippen LogP contribution in [0.4, 0.5) is 4.39 Å². The zero-order valence-electron chi connectivity index (χ0n) is 15.7. The van der Waals surface area contributed by atoms with E-state index in [4.69, 9.17) is 0 Å². The Morgan fingerprint density at radius 3 is 2.39 bits per heavy atom. The highest BCUT2D eigenvalue weighted by atomic mass is 19.1. The van der Waals surface area contributed by atoms with Crippen molar-refractivity contribution < 1.29 is 9.18 Å². The SMILES string of the molecule is O=C(c1ccccc1)C1CCN(Cc2cncc(-c3ccc(F)cc3)c2)CC1. The second-order valence-corrected chi connectivity index (χ2v) is 7.37. The number of pyridine rings is 1. The maximum atomic E-state index is 13.1. The second-order valence-electron chi connectivity index (χ2n) is 7.37. The van der Waals surface area contributed by atoms with E-state index in [2.05, 4.69) is 16.0 Å². The number of carbonyl (C=O) groups is 1. The van der Waals surface area contributed by atoms with Crippen LogP contribution in [0.5, 0.6) is 0 Å². The van der Waals surface area contributed by atoms with Gasteiger partial charge in [0.15, 0.2) is 5.78 Å². The molecule has 3 aromatic rings. The molecule has 0 aliphatic carbocycles. The van der Waals surface area contributed by atoms with Gasteiger partial charge in [-0.15, -0.1) is 0 Å². The molecule has 0 saturated carbocycles. The van der Waals surface area contributed by atoms with Gasteiger partial charge in [-0.1, -0.05) is 42.5 Å². The van der Waals surface area contributed by atoms with Crippen LogP contribution < -0.4 is 0 Å². The number of rotatable bonds is 5. The fourth-order valence-electron chi connectivity index (χ4n) is 3.82. The molecule has 4 heteroatoms. The summed E-state index contributed by atoms with van der Waals surface area (Å²) in [7, 11) is 0. The first kappa shape index (κ1) is 18.5. The molecule has 0 radical (unpaired) electrons. The third-order valence-electron chi connectivity index (χ3n) is 5.40. The molecule has 1 saturated heterocycles. The molecule has 2 heterocycles. The standard InChI is InChI=1S/C24H23FN2O/c25-23-8-6-19(7-9-23)22-14-18(15-26-16-22)17-27-12-10-21(11-13-27)24(28)20-4-2-1-3-5-20/h1-9,14-16,21H,10-13,17H2. The zero-order chi connectivity index (χ0) is 19.3. The maximum Gasteiger partial charge on any atom is 0.166 e. The first-order valence-electron chi connectivity index (χ1n) is 9.70. The minimum atomic E-state index is -0.235. The fourth-order valence-corrected chi connectivity index (χ4v) is 3.82. The van der Waals surface area contributed by atoms with Crippen molar-refractivity contribution in [1.82, 2.24) is 9.88 Å².